The fourth-order valence-corrected chi connectivity index (χ4v) is 2.63. The number of amides is 1. The second-order valence-corrected chi connectivity index (χ2v) is 6.24. The van der Waals surface area contributed by atoms with Gasteiger partial charge < -0.3 is 4.52 Å². The molecule has 0 unspecified atom stereocenters. The number of alkyl halides is 3. The third-order valence-electron chi connectivity index (χ3n) is 3.71. The molecule has 5 nitrogen and oxygen atoms in total. The van der Waals surface area contributed by atoms with Crippen LogP contribution in [-0.4, -0.2) is 16.0 Å². The average Bonchev–Trinajstić information content (AvgIpc) is 3.10. The lowest BCUT2D eigenvalue weighted by Crippen LogP contribution is -2.20. The van der Waals surface area contributed by atoms with Crippen molar-refractivity contribution >= 4 is 24.4 Å². The highest BCUT2D eigenvalue weighted by atomic mass is 32.1. The van der Waals surface area contributed by atoms with Gasteiger partial charge in [0.2, 0.25) is 0 Å². The number of aryl methyl sites for hydroxylation is 1. The minimum Gasteiger partial charge on any atom is -0.329 e. The Hall–Kier alpha value is -2.81. The number of hydrogen-bond acceptors (Lipinski definition) is 5. The molecule has 1 aromatic heterocycles. The Balaban J connectivity index is 1.71. The second kappa shape index (κ2) is 7.43. The van der Waals surface area contributed by atoms with Crippen LogP contribution in [0.2, 0.25) is 0 Å². The fraction of sp³-hybridized carbons (Fsp3) is 0.167. The van der Waals surface area contributed by atoms with Gasteiger partial charge in [-0.25, -0.2) is 0 Å². The number of anilines is 1. The molecule has 0 saturated carbocycles. The van der Waals surface area contributed by atoms with Crippen molar-refractivity contribution < 1.29 is 22.5 Å². The molecule has 3 rings (SSSR count). The van der Waals surface area contributed by atoms with E-state index in [4.69, 9.17) is 0 Å². The highest BCUT2D eigenvalue weighted by Gasteiger charge is 2.38. The Morgan fingerprint density at radius 3 is 2.48 bits per heavy atom. The lowest BCUT2D eigenvalue weighted by molar-refractivity contribution is -0.159. The first-order valence-corrected chi connectivity index (χ1v) is 8.23. The van der Waals surface area contributed by atoms with Crippen molar-refractivity contribution in [2.24, 2.45) is 0 Å². The second-order valence-electron chi connectivity index (χ2n) is 5.84. The van der Waals surface area contributed by atoms with Crippen LogP contribution < -0.4 is 4.31 Å². The van der Waals surface area contributed by atoms with Gasteiger partial charge in [0.05, 0.1) is 5.69 Å². The molecule has 1 heterocycles. The van der Waals surface area contributed by atoms with E-state index in [2.05, 4.69) is 27.5 Å². The van der Waals surface area contributed by atoms with E-state index in [0.29, 0.717) is 16.8 Å². The minimum atomic E-state index is -4.67. The molecule has 3 aromatic rings. The van der Waals surface area contributed by atoms with Gasteiger partial charge in [-0.15, -0.1) is 0 Å². The Labute approximate surface area is 158 Å². The fourth-order valence-electron chi connectivity index (χ4n) is 2.39. The maximum absolute atomic E-state index is 12.5. The first-order chi connectivity index (χ1) is 12.7. The van der Waals surface area contributed by atoms with E-state index in [1.165, 1.54) is 4.31 Å². The van der Waals surface area contributed by atoms with Gasteiger partial charge >= 0.3 is 12.1 Å². The molecule has 0 N–H and O–H groups in total. The molecular formula is C18H14F3N3O2S. The maximum atomic E-state index is 12.5. The number of carbonyl (C=O) groups is 1. The highest BCUT2D eigenvalue weighted by molar-refractivity contribution is 7.82. The molecule has 9 heteroatoms. The van der Waals surface area contributed by atoms with Crippen molar-refractivity contribution in [1.29, 1.82) is 0 Å². The van der Waals surface area contributed by atoms with Crippen LogP contribution in [0.15, 0.2) is 53.1 Å². The van der Waals surface area contributed by atoms with Gasteiger partial charge in [0.1, 0.15) is 0 Å². The average molecular weight is 393 g/mol. The Morgan fingerprint density at radius 1 is 1.19 bits per heavy atom. The zero-order chi connectivity index (χ0) is 19.6. The van der Waals surface area contributed by atoms with Crippen LogP contribution in [0.5, 0.6) is 0 Å². The molecule has 0 aliphatic heterocycles. The zero-order valence-electron chi connectivity index (χ0n) is 14.1. The number of halogens is 3. The minimum absolute atomic E-state index is 0.0521. The van der Waals surface area contributed by atoms with Gasteiger partial charge in [0.15, 0.2) is 5.82 Å². The number of thiol groups is 1. The summed E-state index contributed by atoms with van der Waals surface area (Å²) in [6.07, 6.45) is -4.62. The van der Waals surface area contributed by atoms with E-state index >= 15 is 0 Å². The van der Waals surface area contributed by atoms with E-state index in [0.717, 1.165) is 5.56 Å². The summed E-state index contributed by atoms with van der Waals surface area (Å²) >= 11 is 4.25. The van der Waals surface area contributed by atoms with E-state index in [-0.39, 0.29) is 18.2 Å². The van der Waals surface area contributed by atoms with E-state index in [1.54, 1.807) is 30.3 Å². The van der Waals surface area contributed by atoms with Crippen molar-refractivity contribution in [3.8, 4) is 0 Å². The number of benzene rings is 2. The lowest BCUT2D eigenvalue weighted by Gasteiger charge is -2.16. The van der Waals surface area contributed by atoms with Crippen molar-refractivity contribution in [1.82, 2.24) is 10.1 Å². The summed E-state index contributed by atoms with van der Waals surface area (Å²) < 4.78 is 42.9. The van der Waals surface area contributed by atoms with Gasteiger partial charge in [-0.3, -0.25) is 9.10 Å². The first kappa shape index (κ1) is 19.0. The van der Waals surface area contributed by atoms with Crippen molar-refractivity contribution in [3.05, 3.63) is 76.9 Å². The molecule has 0 bridgehead atoms. The number of hydrogen-bond donors (Lipinski definition) is 1. The summed E-state index contributed by atoms with van der Waals surface area (Å²) in [5, 5.41) is 3.32. The summed E-state index contributed by atoms with van der Waals surface area (Å²) in [5.74, 6) is -1.79. The van der Waals surface area contributed by atoms with Gasteiger partial charge in [-0.2, -0.15) is 18.2 Å². The SMILES string of the molecule is Cc1cccc(N(S)C(=O)c2ccc(Cc3noc(C(F)(F)F)n3)cc2)c1. The number of nitrogens with zero attached hydrogens (tertiary/aromatic N) is 3. The third kappa shape index (κ3) is 4.48. The van der Waals surface area contributed by atoms with Gasteiger partial charge in [0, 0.05) is 12.0 Å². The molecule has 0 aliphatic rings. The van der Waals surface area contributed by atoms with Gasteiger partial charge in [0.25, 0.3) is 5.91 Å². The molecule has 27 heavy (non-hydrogen) atoms. The predicted molar refractivity (Wildman–Crippen MR) is 95.5 cm³/mol. The quantitative estimate of drug-likeness (QED) is 0.664. The van der Waals surface area contributed by atoms with Crippen LogP contribution in [0, 0.1) is 6.92 Å². The molecule has 0 radical (unpaired) electrons. The van der Waals surface area contributed by atoms with Crippen molar-refractivity contribution in [3.63, 3.8) is 0 Å². The molecule has 1 amide bonds. The Morgan fingerprint density at radius 2 is 1.89 bits per heavy atom. The number of rotatable bonds is 4. The van der Waals surface area contributed by atoms with Crippen LogP contribution in [0.4, 0.5) is 18.9 Å². The molecule has 140 valence electrons. The van der Waals surface area contributed by atoms with Crippen LogP contribution in [0.1, 0.15) is 33.2 Å². The Kier molecular flexibility index (Phi) is 5.22. The summed E-state index contributed by atoms with van der Waals surface area (Å²) in [7, 11) is 0. The number of carbonyl (C=O) groups excluding carboxylic acids is 1. The normalized spacial score (nSPS) is 11.4. The maximum Gasteiger partial charge on any atom is 0.471 e. The van der Waals surface area contributed by atoms with Gasteiger partial charge in [-0.1, -0.05) is 42.2 Å². The standard InChI is InChI=1S/C18H14F3N3O2S/c1-11-3-2-4-14(9-11)24(27)16(25)13-7-5-12(6-8-13)10-15-22-17(26-23-15)18(19,20)21/h2-9,27H,10H2,1H3. The lowest BCUT2D eigenvalue weighted by atomic mass is 10.1. The molecule has 0 fully saturated rings. The molecule has 2 aromatic carbocycles. The zero-order valence-corrected chi connectivity index (χ0v) is 15.0. The monoisotopic (exact) mass is 393 g/mol. The largest absolute Gasteiger partial charge is 0.471 e. The van der Waals surface area contributed by atoms with E-state index in [9.17, 15) is 18.0 Å². The number of aromatic nitrogens is 2. The molecule has 0 saturated heterocycles. The molecule has 0 spiro atoms. The smallest absolute Gasteiger partial charge is 0.329 e. The van der Waals surface area contributed by atoms with E-state index in [1.807, 2.05) is 25.1 Å². The molecule has 0 aliphatic carbocycles. The third-order valence-corrected chi connectivity index (χ3v) is 4.12. The summed E-state index contributed by atoms with van der Waals surface area (Å²) in [6, 6.07) is 13.7. The van der Waals surface area contributed by atoms with Crippen LogP contribution in [0.25, 0.3) is 0 Å². The molecular weight excluding hydrogens is 379 g/mol. The highest BCUT2D eigenvalue weighted by Crippen LogP contribution is 2.27. The molecule has 0 atom stereocenters. The Bertz CT molecular complexity index is 955. The first-order valence-electron chi connectivity index (χ1n) is 7.83. The topological polar surface area (TPSA) is 59.2 Å². The van der Waals surface area contributed by atoms with Crippen LogP contribution >= 0.6 is 12.8 Å². The van der Waals surface area contributed by atoms with Crippen molar-refractivity contribution in [2.75, 3.05) is 4.31 Å². The predicted octanol–water partition coefficient (Wildman–Crippen LogP) is 4.48. The summed E-state index contributed by atoms with van der Waals surface area (Å²) in [6.45, 7) is 1.91. The van der Waals surface area contributed by atoms with Crippen molar-refractivity contribution in [2.45, 2.75) is 19.5 Å². The van der Waals surface area contributed by atoms with Crippen LogP contribution in [-0.2, 0) is 12.6 Å². The van der Waals surface area contributed by atoms with Gasteiger partial charge in [-0.05, 0) is 42.3 Å². The van der Waals surface area contributed by atoms with Crippen LogP contribution in [0.3, 0.4) is 0 Å². The summed E-state index contributed by atoms with van der Waals surface area (Å²) in [5.41, 5.74) is 2.66. The van der Waals surface area contributed by atoms with E-state index < -0.39 is 12.1 Å². The summed E-state index contributed by atoms with van der Waals surface area (Å²) in [4.78, 5) is 15.8.